The number of carbonyl (C=O) groups excluding carboxylic acids is 1. The van der Waals surface area contributed by atoms with Gasteiger partial charge >= 0.3 is 5.97 Å². The van der Waals surface area contributed by atoms with Crippen LogP contribution in [0.25, 0.3) is 0 Å². The van der Waals surface area contributed by atoms with Crippen molar-refractivity contribution in [1.29, 1.82) is 0 Å². The molecule has 1 N–H and O–H groups in total. The number of likely N-dealkylation sites (tertiary alicyclic amines) is 1. The van der Waals surface area contributed by atoms with Crippen LogP contribution in [0.3, 0.4) is 0 Å². The van der Waals surface area contributed by atoms with Crippen LogP contribution in [0, 0.1) is 0 Å². The van der Waals surface area contributed by atoms with Gasteiger partial charge in [0.1, 0.15) is 5.54 Å². The number of hydrogen-bond donors (Lipinski definition) is 1. The molecular formula is C13H14ClNO3. The Bertz CT molecular complexity index is 503. The summed E-state index contributed by atoms with van der Waals surface area (Å²) in [5.41, 5.74) is -0.774. The fraction of sp³-hybridized carbons (Fsp3) is 0.385. The molecule has 1 aliphatic rings. The van der Waals surface area contributed by atoms with E-state index in [1.54, 1.807) is 31.2 Å². The maximum Gasteiger partial charge on any atom is 0.329 e. The molecule has 18 heavy (non-hydrogen) atoms. The Morgan fingerprint density at radius 3 is 2.67 bits per heavy atom. The van der Waals surface area contributed by atoms with Crippen LogP contribution in [0.2, 0.25) is 5.02 Å². The number of halogens is 1. The Morgan fingerprint density at radius 2 is 2.06 bits per heavy atom. The SMILES string of the molecule is CC1(C(=O)O)CCCN1C(=O)c1ccccc1Cl. The monoisotopic (exact) mass is 267 g/mol. The van der Waals surface area contributed by atoms with Gasteiger partial charge in [-0.3, -0.25) is 4.79 Å². The Hall–Kier alpha value is -1.55. The normalized spacial score (nSPS) is 23.1. The molecule has 0 spiro atoms. The van der Waals surface area contributed by atoms with Crippen LogP contribution < -0.4 is 0 Å². The number of hydrogen-bond acceptors (Lipinski definition) is 2. The van der Waals surface area contributed by atoms with Crippen molar-refractivity contribution in [2.45, 2.75) is 25.3 Å². The van der Waals surface area contributed by atoms with E-state index in [4.69, 9.17) is 11.6 Å². The summed E-state index contributed by atoms with van der Waals surface area (Å²) >= 11 is 5.98. The Balaban J connectivity index is 2.35. The van der Waals surface area contributed by atoms with Gasteiger partial charge in [0.15, 0.2) is 0 Å². The number of carboxylic acids is 1. The fourth-order valence-electron chi connectivity index (χ4n) is 2.29. The molecule has 0 bridgehead atoms. The van der Waals surface area contributed by atoms with Gasteiger partial charge in [-0.05, 0) is 31.9 Å². The summed E-state index contributed by atoms with van der Waals surface area (Å²) in [6.07, 6.45) is 1.16. The molecule has 0 saturated carbocycles. The van der Waals surface area contributed by atoms with Crippen molar-refractivity contribution in [2.24, 2.45) is 0 Å². The van der Waals surface area contributed by atoms with Gasteiger partial charge in [-0.2, -0.15) is 0 Å². The summed E-state index contributed by atoms with van der Waals surface area (Å²) in [5.74, 6) is -1.29. The number of amides is 1. The van der Waals surface area contributed by atoms with Gasteiger partial charge in [-0.25, -0.2) is 4.79 Å². The molecule has 0 aromatic heterocycles. The number of carboxylic acid groups (broad SMARTS) is 1. The van der Waals surface area contributed by atoms with Crippen LogP contribution in [0.4, 0.5) is 0 Å². The van der Waals surface area contributed by atoms with Crippen molar-refractivity contribution in [3.63, 3.8) is 0 Å². The van der Waals surface area contributed by atoms with Gasteiger partial charge in [0, 0.05) is 6.54 Å². The predicted octanol–water partition coefficient (Wildman–Crippen LogP) is 2.42. The number of rotatable bonds is 2. The summed E-state index contributed by atoms with van der Waals surface area (Å²) in [7, 11) is 0. The first-order chi connectivity index (χ1) is 8.47. The van der Waals surface area contributed by atoms with Gasteiger partial charge in [0.2, 0.25) is 0 Å². The molecule has 1 aromatic rings. The van der Waals surface area contributed by atoms with E-state index < -0.39 is 11.5 Å². The number of carbonyl (C=O) groups is 2. The zero-order chi connectivity index (χ0) is 13.3. The number of aliphatic carboxylic acids is 1. The second-order valence-electron chi connectivity index (χ2n) is 4.62. The number of nitrogens with zero attached hydrogens (tertiary/aromatic N) is 1. The van der Waals surface area contributed by atoms with E-state index in [9.17, 15) is 14.7 Å². The van der Waals surface area contributed by atoms with Crippen LogP contribution in [0.5, 0.6) is 0 Å². The van der Waals surface area contributed by atoms with Gasteiger partial charge in [0.05, 0.1) is 10.6 Å². The first-order valence-electron chi connectivity index (χ1n) is 5.77. The second kappa shape index (κ2) is 4.61. The minimum absolute atomic E-state index is 0.317. The average molecular weight is 268 g/mol. The van der Waals surface area contributed by atoms with Crippen molar-refractivity contribution in [3.8, 4) is 0 Å². The van der Waals surface area contributed by atoms with E-state index in [1.807, 2.05) is 0 Å². The van der Waals surface area contributed by atoms with E-state index in [2.05, 4.69) is 0 Å². The highest BCUT2D eigenvalue weighted by Crippen LogP contribution is 2.32. The van der Waals surface area contributed by atoms with Gasteiger partial charge in [-0.1, -0.05) is 23.7 Å². The minimum Gasteiger partial charge on any atom is -0.480 e. The lowest BCUT2D eigenvalue weighted by molar-refractivity contribution is -0.147. The van der Waals surface area contributed by atoms with E-state index in [0.717, 1.165) is 0 Å². The number of benzene rings is 1. The molecule has 1 aromatic carbocycles. The van der Waals surface area contributed by atoms with Crippen LogP contribution in [0.15, 0.2) is 24.3 Å². The summed E-state index contributed by atoms with van der Waals surface area (Å²) in [6.45, 7) is 2.03. The lowest BCUT2D eigenvalue weighted by Crippen LogP contribution is -2.50. The average Bonchev–Trinajstić information content (AvgIpc) is 2.72. The van der Waals surface area contributed by atoms with Crippen LogP contribution in [-0.4, -0.2) is 34.0 Å². The third kappa shape index (κ3) is 1.97. The molecule has 1 fully saturated rings. The maximum absolute atomic E-state index is 12.4. The van der Waals surface area contributed by atoms with E-state index in [0.29, 0.717) is 30.0 Å². The Morgan fingerprint density at radius 1 is 1.39 bits per heavy atom. The summed E-state index contributed by atoms with van der Waals surface area (Å²) in [6, 6.07) is 6.70. The van der Waals surface area contributed by atoms with E-state index in [1.165, 1.54) is 4.90 Å². The molecule has 1 heterocycles. The molecule has 1 unspecified atom stereocenters. The highest BCUT2D eigenvalue weighted by atomic mass is 35.5. The van der Waals surface area contributed by atoms with Crippen molar-refractivity contribution in [1.82, 2.24) is 4.90 Å². The summed E-state index contributed by atoms with van der Waals surface area (Å²) < 4.78 is 0. The first-order valence-corrected chi connectivity index (χ1v) is 6.14. The van der Waals surface area contributed by atoms with Gasteiger partial charge in [-0.15, -0.1) is 0 Å². The molecule has 0 radical (unpaired) electrons. The smallest absolute Gasteiger partial charge is 0.329 e. The van der Waals surface area contributed by atoms with Gasteiger partial charge in [0.25, 0.3) is 5.91 Å². The highest BCUT2D eigenvalue weighted by Gasteiger charge is 2.46. The van der Waals surface area contributed by atoms with Crippen LogP contribution in [-0.2, 0) is 4.79 Å². The lowest BCUT2D eigenvalue weighted by Gasteiger charge is -2.31. The van der Waals surface area contributed by atoms with E-state index >= 15 is 0 Å². The van der Waals surface area contributed by atoms with Crippen molar-refractivity contribution in [2.75, 3.05) is 6.54 Å². The second-order valence-corrected chi connectivity index (χ2v) is 5.03. The third-order valence-electron chi connectivity index (χ3n) is 3.45. The fourth-order valence-corrected chi connectivity index (χ4v) is 2.51. The minimum atomic E-state index is -1.13. The van der Waals surface area contributed by atoms with Crippen LogP contribution >= 0.6 is 11.6 Å². The standard InChI is InChI=1S/C13H14ClNO3/c1-13(12(17)18)7-4-8-15(13)11(16)9-5-2-3-6-10(9)14/h2-3,5-6H,4,7-8H2,1H3,(H,17,18). The van der Waals surface area contributed by atoms with Gasteiger partial charge < -0.3 is 10.0 Å². The molecule has 5 heteroatoms. The topological polar surface area (TPSA) is 57.6 Å². The molecule has 1 atom stereocenters. The summed E-state index contributed by atoms with van der Waals surface area (Å²) in [4.78, 5) is 25.1. The molecule has 1 aliphatic heterocycles. The summed E-state index contributed by atoms with van der Waals surface area (Å²) in [5, 5.41) is 9.63. The maximum atomic E-state index is 12.4. The van der Waals surface area contributed by atoms with Crippen molar-refractivity contribution in [3.05, 3.63) is 34.9 Å². The molecular weight excluding hydrogens is 254 g/mol. The molecule has 1 amide bonds. The molecule has 1 saturated heterocycles. The van der Waals surface area contributed by atoms with E-state index in [-0.39, 0.29) is 5.91 Å². The predicted molar refractivity (Wildman–Crippen MR) is 67.8 cm³/mol. The first kappa shape index (κ1) is 12.9. The highest BCUT2D eigenvalue weighted by molar-refractivity contribution is 6.33. The quantitative estimate of drug-likeness (QED) is 0.895. The van der Waals surface area contributed by atoms with Crippen molar-refractivity contribution >= 4 is 23.5 Å². The molecule has 4 nitrogen and oxygen atoms in total. The molecule has 2 rings (SSSR count). The Kier molecular flexibility index (Phi) is 3.30. The Labute approximate surface area is 110 Å². The largest absolute Gasteiger partial charge is 0.480 e. The molecule has 96 valence electrons. The third-order valence-corrected chi connectivity index (χ3v) is 3.78. The van der Waals surface area contributed by atoms with Crippen LogP contribution in [0.1, 0.15) is 30.1 Å². The zero-order valence-electron chi connectivity index (χ0n) is 10.0. The van der Waals surface area contributed by atoms with Crippen molar-refractivity contribution < 1.29 is 14.7 Å². The molecule has 0 aliphatic carbocycles. The lowest BCUT2D eigenvalue weighted by atomic mass is 9.98. The zero-order valence-corrected chi connectivity index (χ0v) is 10.8.